The van der Waals surface area contributed by atoms with Gasteiger partial charge in [0.25, 0.3) is 5.56 Å². The van der Waals surface area contributed by atoms with Crippen molar-refractivity contribution in [3.63, 3.8) is 0 Å². The summed E-state index contributed by atoms with van der Waals surface area (Å²) in [6.07, 6.45) is -3.70. The van der Waals surface area contributed by atoms with Crippen molar-refractivity contribution in [2.24, 2.45) is 5.11 Å². The molecule has 1 aliphatic rings. The standard InChI is InChI=1S/C27H31N6O9P/c1-17(24(36)40-18(2)19-10-6-4-7-11-19)30-43(38,42-20-12-8-5-9-13-20)39-16-21-23(35)27(3,31-32-28)25(41-21)33-15-14-22(34)29-26(33)37/h4-15,17-18,21,23,25,35H,16H2,1-3H3,(H,30,38)(H,29,34,37)/t17-,18+,21+,23+,25+,27+,43?/m0/s1. The average molecular weight is 615 g/mol. The molecule has 0 bridgehead atoms. The van der Waals surface area contributed by atoms with Crippen LogP contribution in [0.4, 0.5) is 0 Å². The zero-order valence-corrected chi connectivity index (χ0v) is 24.4. The number of nitrogens with one attached hydrogen (secondary N) is 2. The first-order chi connectivity index (χ1) is 20.5. The van der Waals surface area contributed by atoms with E-state index >= 15 is 0 Å². The maximum absolute atomic E-state index is 14.0. The third-order valence-corrected chi connectivity index (χ3v) is 8.41. The monoisotopic (exact) mass is 614 g/mol. The number of para-hydroxylation sites is 1. The van der Waals surface area contributed by atoms with Gasteiger partial charge in [-0.1, -0.05) is 53.6 Å². The van der Waals surface area contributed by atoms with E-state index < -0.39 is 67.7 Å². The third-order valence-electron chi connectivity index (χ3n) is 6.76. The van der Waals surface area contributed by atoms with Gasteiger partial charge in [0, 0.05) is 17.2 Å². The highest BCUT2D eigenvalue weighted by molar-refractivity contribution is 7.52. The molecular weight excluding hydrogens is 583 g/mol. The van der Waals surface area contributed by atoms with Gasteiger partial charge in [0.1, 0.15) is 29.5 Å². The van der Waals surface area contributed by atoms with Crippen molar-refractivity contribution in [3.05, 3.63) is 110 Å². The molecule has 2 heterocycles. The van der Waals surface area contributed by atoms with Gasteiger partial charge < -0.3 is 19.1 Å². The average Bonchev–Trinajstić information content (AvgIpc) is 3.22. The van der Waals surface area contributed by atoms with E-state index in [1.807, 2.05) is 18.2 Å². The van der Waals surface area contributed by atoms with Crippen molar-refractivity contribution in [2.45, 2.75) is 56.9 Å². The van der Waals surface area contributed by atoms with E-state index in [1.54, 1.807) is 37.3 Å². The molecule has 0 saturated carbocycles. The number of carbonyl (C=O) groups excluding carboxylic acids is 1. The lowest BCUT2D eigenvalue weighted by Crippen LogP contribution is -2.45. The van der Waals surface area contributed by atoms with Gasteiger partial charge in [-0.25, -0.2) is 9.36 Å². The number of ether oxygens (including phenoxy) is 2. The molecule has 3 N–H and O–H groups in total. The van der Waals surface area contributed by atoms with Crippen LogP contribution in [0.1, 0.15) is 38.7 Å². The Morgan fingerprint density at radius 1 is 1.19 bits per heavy atom. The highest BCUT2D eigenvalue weighted by Crippen LogP contribution is 2.47. The largest absolute Gasteiger partial charge is 0.459 e. The molecule has 1 unspecified atom stereocenters. The fourth-order valence-corrected chi connectivity index (χ4v) is 5.94. The van der Waals surface area contributed by atoms with Crippen LogP contribution in [0.2, 0.25) is 0 Å². The summed E-state index contributed by atoms with van der Waals surface area (Å²) in [5.41, 5.74) is 6.66. The van der Waals surface area contributed by atoms with Crippen molar-refractivity contribution in [1.82, 2.24) is 14.6 Å². The van der Waals surface area contributed by atoms with Crippen molar-refractivity contribution in [1.29, 1.82) is 0 Å². The Morgan fingerprint density at radius 3 is 2.47 bits per heavy atom. The number of carbonyl (C=O) groups is 1. The molecule has 15 nitrogen and oxygen atoms in total. The topological polar surface area (TPSA) is 207 Å². The summed E-state index contributed by atoms with van der Waals surface area (Å²) in [6.45, 7) is 3.87. The first-order valence-electron chi connectivity index (χ1n) is 13.2. The quantitative estimate of drug-likeness (QED) is 0.0891. The smallest absolute Gasteiger partial charge is 0.457 e. The lowest BCUT2D eigenvalue weighted by Gasteiger charge is -2.28. The molecule has 16 heteroatoms. The van der Waals surface area contributed by atoms with Crippen molar-refractivity contribution >= 4 is 13.7 Å². The van der Waals surface area contributed by atoms with E-state index in [4.69, 9.17) is 18.5 Å². The van der Waals surface area contributed by atoms with Gasteiger partial charge in [0.05, 0.1) is 12.7 Å². The number of hydrogen-bond acceptors (Lipinski definition) is 10. The number of aromatic amines is 1. The van der Waals surface area contributed by atoms with Crippen molar-refractivity contribution < 1.29 is 33.0 Å². The van der Waals surface area contributed by atoms with E-state index in [1.165, 1.54) is 26.0 Å². The predicted octanol–water partition coefficient (Wildman–Crippen LogP) is 3.35. The Kier molecular flexibility index (Phi) is 9.87. The van der Waals surface area contributed by atoms with Gasteiger partial charge in [-0.05, 0) is 44.0 Å². The molecular formula is C27H31N6O9P. The summed E-state index contributed by atoms with van der Waals surface area (Å²) in [5.74, 6) is -0.580. The molecule has 43 heavy (non-hydrogen) atoms. The Labute approximate surface area is 245 Å². The van der Waals surface area contributed by atoms with Crippen LogP contribution in [0.25, 0.3) is 10.4 Å². The number of aromatic nitrogens is 2. The minimum Gasteiger partial charge on any atom is -0.457 e. The van der Waals surface area contributed by atoms with Crippen LogP contribution >= 0.6 is 7.75 Å². The van der Waals surface area contributed by atoms with Crippen LogP contribution < -0.4 is 20.9 Å². The van der Waals surface area contributed by atoms with Crippen molar-refractivity contribution in [2.75, 3.05) is 6.61 Å². The van der Waals surface area contributed by atoms with Gasteiger partial charge in [-0.3, -0.25) is 23.7 Å². The second kappa shape index (κ2) is 13.4. The molecule has 1 saturated heterocycles. The van der Waals surface area contributed by atoms with E-state index in [2.05, 4.69) is 20.1 Å². The van der Waals surface area contributed by atoms with Gasteiger partial charge in [0.15, 0.2) is 6.23 Å². The van der Waals surface area contributed by atoms with Crippen molar-refractivity contribution in [3.8, 4) is 5.75 Å². The maximum Gasteiger partial charge on any atom is 0.459 e. The Balaban J connectivity index is 1.54. The molecule has 0 amide bonds. The zero-order chi connectivity index (χ0) is 31.2. The van der Waals surface area contributed by atoms with Crippen LogP contribution in [0.15, 0.2) is 87.6 Å². The molecule has 0 aliphatic carbocycles. The summed E-state index contributed by atoms with van der Waals surface area (Å²) in [6, 6.07) is 17.0. The highest BCUT2D eigenvalue weighted by atomic mass is 31.2. The van der Waals surface area contributed by atoms with E-state index in [-0.39, 0.29) is 5.75 Å². The molecule has 0 spiro atoms. The Bertz CT molecular complexity index is 1630. The number of nitrogens with zero attached hydrogens (tertiary/aromatic N) is 4. The SMILES string of the molecule is C[C@H](NP(=O)(OC[C@H]1O[C@@H](n2ccc(=O)[nH]c2=O)[C@](C)(N=[N+]=[N-])[C@@H]1O)Oc1ccccc1)C(=O)O[C@H](C)c1ccccc1. The highest BCUT2D eigenvalue weighted by Gasteiger charge is 2.55. The summed E-state index contributed by atoms with van der Waals surface area (Å²) in [5, 5.41) is 17.3. The molecule has 228 valence electrons. The van der Waals surface area contributed by atoms with Crippen LogP contribution in [0.3, 0.4) is 0 Å². The fraction of sp³-hybridized carbons (Fsp3) is 0.370. The van der Waals surface area contributed by atoms with Crippen LogP contribution in [0, 0.1) is 0 Å². The number of aliphatic hydroxyl groups is 1. The number of rotatable bonds is 12. The van der Waals surface area contributed by atoms with Gasteiger partial charge in [0.2, 0.25) is 0 Å². The molecule has 1 aromatic heterocycles. The number of benzene rings is 2. The predicted molar refractivity (Wildman–Crippen MR) is 153 cm³/mol. The number of azide groups is 1. The van der Waals surface area contributed by atoms with Gasteiger partial charge >= 0.3 is 19.4 Å². The van der Waals surface area contributed by atoms with Gasteiger partial charge in [-0.15, -0.1) is 0 Å². The second-order valence-corrected chi connectivity index (χ2v) is 11.6. The minimum atomic E-state index is -4.37. The zero-order valence-electron chi connectivity index (χ0n) is 23.5. The van der Waals surface area contributed by atoms with E-state index in [9.17, 15) is 29.6 Å². The van der Waals surface area contributed by atoms with E-state index in [0.717, 1.165) is 22.4 Å². The summed E-state index contributed by atoms with van der Waals surface area (Å²) in [4.78, 5) is 41.8. The molecule has 2 aromatic carbocycles. The first-order valence-corrected chi connectivity index (χ1v) is 14.7. The Morgan fingerprint density at radius 2 is 1.84 bits per heavy atom. The van der Waals surface area contributed by atoms with Gasteiger partial charge in [-0.2, -0.15) is 5.09 Å². The minimum absolute atomic E-state index is 0.154. The molecule has 1 fully saturated rings. The first kappa shape index (κ1) is 31.7. The lowest BCUT2D eigenvalue weighted by atomic mass is 9.93. The number of H-pyrrole nitrogens is 1. The number of esters is 1. The van der Waals surface area contributed by atoms with E-state index in [0.29, 0.717) is 0 Å². The fourth-order valence-electron chi connectivity index (χ4n) is 4.43. The lowest BCUT2D eigenvalue weighted by molar-refractivity contribution is -0.150. The second-order valence-electron chi connectivity index (χ2n) is 9.94. The van der Waals surface area contributed by atoms with Crippen LogP contribution in [-0.4, -0.2) is 51.0 Å². The maximum atomic E-state index is 14.0. The number of hydrogen-bond donors (Lipinski definition) is 3. The summed E-state index contributed by atoms with van der Waals surface area (Å²) in [7, 11) is -4.37. The molecule has 4 rings (SSSR count). The van der Waals surface area contributed by atoms with Crippen LogP contribution in [0.5, 0.6) is 5.75 Å². The third kappa shape index (κ3) is 7.41. The molecule has 0 radical (unpaired) electrons. The normalized spacial score (nSPS) is 24.2. The molecule has 7 atom stereocenters. The van der Waals surface area contributed by atoms with Crippen LogP contribution in [-0.2, 0) is 23.4 Å². The number of aliphatic hydroxyl groups excluding tert-OH is 1. The Hall–Kier alpha value is -4.23. The summed E-state index contributed by atoms with van der Waals surface area (Å²) < 4.78 is 37.6. The molecule has 3 aromatic rings. The summed E-state index contributed by atoms with van der Waals surface area (Å²) >= 11 is 0. The molecule has 1 aliphatic heterocycles.